The molecule has 3 fully saturated rings. The van der Waals surface area contributed by atoms with Crippen LogP contribution in [-0.4, -0.2) is 23.5 Å². The zero-order valence-corrected chi connectivity index (χ0v) is 8.59. The second-order valence-electron chi connectivity index (χ2n) is 4.99. The van der Waals surface area contributed by atoms with E-state index in [1.807, 2.05) is 0 Å². The van der Waals surface area contributed by atoms with Gasteiger partial charge in [0, 0.05) is 18.6 Å². The summed E-state index contributed by atoms with van der Waals surface area (Å²) < 4.78 is 0. The molecule has 0 N–H and O–H groups in total. The average molecular weight is 167 g/mol. The van der Waals surface area contributed by atoms with Crippen molar-refractivity contribution in [3.05, 3.63) is 0 Å². The summed E-state index contributed by atoms with van der Waals surface area (Å²) in [6.07, 6.45) is 4.42. The van der Waals surface area contributed by atoms with Gasteiger partial charge in [-0.15, -0.1) is 0 Å². The Morgan fingerprint density at radius 1 is 1.25 bits per heavy atom. The van der Waals surface area contributed by atoms with Gasteiger partial charge in [-0.1, -0.05) is 6.92 Å². The van der Waals surface area contributed by atoms with E-state index < -0.39 is 0 Å². The Morgan fingerprint density at radius 2 is 2.00 bits per heavy atom. The predicted octanol–water partition coefficient (Wildman–Crippen LogP) is 2.52. The fourth-order valence-electron chi connectivity index (χ4n) is 3.06. The molecule has 2 heterocycles. The third-order valence-corrected chi connectivity index (χ3v) is 3.90. The first-order chi connectivity index (χ1) is 5.68. The highest BCUT2D eigenvalue weighted by Crippen LogP contribution is 2.39. The first-order valence-corrected chi connectivity index (χ1v) is 5.44. The molecule has 0 radical (unpaired) electrons. The number of piperidine rings is 2. The third-order valence-electron chi connectivity index (χ3n) is 3.90. The number of nitrogens with zero attached hydrogens (tertiary/aromatic N) is 1. The minimum atomic E-state index is 0.769. The Balaban J connectivity index is 2.05. The van der Waals surface area contributed by atoms with Gasteiger partial charge in [-0.2, -0.15) is 0 Å². The van der Waals surface area contributed by atoms with E-state index in [1.165, 1.54) is 25.8 Å². The van der Waals surface area contributed by atoms with Gasteiger partial charge >= 0.3 is 0 Å². The minimum absolute atomic E-state index is 0.769. The maximum atomic E-state index is 2.72. The topological polar surface area (TPSA) is 3.24 Å². The smallest absolute Gasteiger partial charge is 0.0101 e. The second-order valence-corrected chi connectivity index (χ2v) is 4.99. The molecule has 1 nitrogen and oxygen atoms in total. The van der Waals surface area contributed by atoms with Gasteiger partial charge in [-0.25, -0.2) is 0 Å². The van der Waals surface area contributed by atoms with E-state index >= 15 is 0 Å². The third kappa shape index (κ3) is 1.28. The van der Waals surface area contributed by atoms with E-state index in [4.69, 9.17) is 0 Å². The lowest BCUT2D eigenvalue weighted by molar-refractivity contribution is -0.00791. The minimum Gasteiger partial charge on any atom is -0.298 e. The quantitative estimate of drug-likeness (QED) is 0.580. The van der Waals surface area contributed by atoms with Crippen molar-refractivity contribution in [3.8, 4) is 0 Å². The highest BCUT2D eigenvalue weighted by Gasteiger charge is 2.38. The van der Waals surface area contributed by atoms with Crippen LogP contribution in [-0.2, 0) is 0 Å². The van der Waals surface area contributed by atoms with Crippen molar-refractivity contribution in [2.45, 2.75) is 52.1 Å². The zero-order chi connectivity index (χ0) is 8.72. The first kappa shape index (κ1) is 8.55. The van der Waals surface area contributed by atoms with Crippen molar-refractivity contribution < 1.29 is 0 Å². The molecular formula is C11H21N. The van der Waals surface area contributed by atoms with Crippen LogP contribution in [0.4, 0.5) is 0 Å². The summed E-state index contributed by atoms with van der Waals surface area (Å²) in [6, 6.07) is 1.69. The van der Waals surface area contributed by atoms with Crippen LogP contribution in [0.1, 0.15) is 40.0 Å². The molecule has 2 saturated heterocycles. The van der Waals surface area contributed by atoms with Crippen molar-refractivity contribution in [2.75, 3.05) is 6.54 Å². The number of rotatable bonds is 1. The van der Waals surface area contributed by atoms with Crippen LogP contribution in [0, 0.1) is 11.8 Å². The number of fused-ring (bicyclic) bond motifs is 3. The molecule has 1 saturated carbocycles. The van der Waals surface area contributed by atoms with Gasteiger partial charge in [-0.05, 0) is 44.9 Å². The summed E-state index contributed by atoms with van der Waals surface area (Å²) in [5.41, 5.74) is 0. The van der Waals surface area contributed by atoms with Crippen molar-refractivity contribution >= 4 is 0 Å². The monoisotopic (exact) mass is 167 g/mol. The van der Waals surface area contributed by atoms with Crippen molar-refractivity contribution in [3.63, 3.8) is 0 Å². The summed E-state index contributed by atoms with van der Waals surface area (Å²) >= 11 is 0. The fraction of sp³-hybridized carbons (Fsp3) is 1.00. The van der Waals surface area contributed by atoms with Crippen LogP contribution in [0.5, 0.6) is 0 Å². The molecule has 70 valence electrons. The maximum Gasteiger partial charge on any atom is 0.0101 e. The maximum absolute atomic E-state index is 2.72. The molecular weight excluding hydrogens is 146 g/mol. The van der Waals surface area contributed by atoms with Crippen molar-refractivity contribution in [2.24, 2.45) is 11.8 Å². The van der Waals surface area contributed by atoms with E-state index in [2.05, 4.69) is 25.7 Å². The molecule has 2 bridgehead atoms. The summed E-state index contributed by atoms with van der Waals surface area (Å²) in [4.78, 5) is 2.72. The average Bonchev–Trinajstić information content (AvgIpc) is 2.04. The van der Waals surface area contributed by atoms with Gasteiger partial charge in [0.05, 0.1) is 0 Å². The summed E-state index contributed by atoms with van der Waals surface area (Å²) in [5, 5.41) is 0. The molecule has 0 amide bonds. The van der Waals surface area contributed by atoms with Crippen LogP contribution in [0.25, 0.3) is 0 Å². The molecule has 3 unspecified atom stereocenters. The molecule has 2 aliphatic heterocycles. The first-order valence-electron chi connectivity index (χ1n) is 5.44. The molecule has 3 aliphatic rings. The van der Waals surface area contributed by atoms with Crippen molar-refractivity contribution in [1.29, 1.82) is 0 Å². The number of hydrogen-bond donors (Lipinski definition) is 0. The Bertz CT molecular complexity index is 164. The molecule has 3 rings (SSSR count). The lowest BCUT2D eigenvalue weighted by Crippen LogP contribution is -2.53. The highest BCUT2D eigenvalue weighted by atomic mass is 15.2. The Hall–Kier alpha value is -0.0400. The van der Waals surface area contributed by atoms with E-state index in [0.717, 1.165) is 23.9 Å². The van der Waals surface area contributed by atoms with Gasteiger partial charge in [0.1, 0.15) is 0 Å². The summed E-state index contributed by atoms with van der Waals surface area (Å²) in [5.74, 6) is 2.01. The van der Waals surface area contributed by atoms with Crippen LogP contribution in [0.2, 0.25) is 0 Å². The normalized spacial score (nSPS) is 42.5. The van der Waals surface area contributed by atoms with E-state index in [9.17, 15) is 0 Å². The Labute approximate surface area is 76.1 Å². The van der Waals surface area contributed by atoms with Gasteiger partial charge in [0.2, 0.25) is 0 Å². The SMILES string of the molecule is CC1CC2CCC1CN2C(C)C. The molecule has 0 aromatic carbocycles. The Morgan fingerprint density at radius 3 is 2.42 bits per heavy atom. The molecule has 0 aromatic rings. The van der Waals surface area contributed by atoms with Crippen LogP contribution in [0.3, 0.4) is 0 Å². The second kappa shape index (κ2) is 3.02. The van der Waals surface area contributed by atoms with E-state index in [-0.39, 0.29) is 0 Å². The van der Waals surface area contributed by atoms with E-state index in [0.29, 0.717) is 0 Å². The Kier molecular flexibility index (Phi) is 2.16. The van der Waals surface area contributed by atoms with E-state index in [1.54, 1.807) is 0 Å². The lowest BCUT2D eigenvalue weighted by Gasteiger charge is -2.50. The molecule has 1 aliphatic carbocycles. The van der Waals surface area contributed by atoms with Crippen LogP contribution in [0.15, 0.2) is 0 Å². The van der Waals surface area contributed by atoms with Crippen LogP contribution < -0.4 is 0 Å². The van der Waals surface area contributed by atoms with Gasteiger partial charge in [0.25, 0.3) is 0 Å². The van der Waals surface area contributed by atoms with Gasteiger partial charge < -0.3 is 0 Å². The van der Waals surface area contributed by atoms with Gasteiger partial charge in [0.15, 0.2) is 0 Å². The lowest BCUT2D eigenvalue weighted by atomic mass is 9.72. The molecule has 0 spiro atoms. The highest BCUT2D eigenvalue weighted by molar-refractivity contribution is 4.92. The number of hydrogen-bond acceptors (Lipinski definition) is 1. The largest absolute Gasteiger partial charge is 0.298 e. The predicted molar refractivity (Wildman–Crippen MR) is 52.1 cm³/mol. The van der Waals surface area contributed by atoms with Gasteiger partial charge in [-0.3, -0.25) is 4.90 Å². The molecule has 3 atom stereocenters. The summed E-state index contributed by atoms with van der Waals surface area (Å²) in [6.45, 7) is 8.49. The molecule has 12 heavy (non-hydrogen) atoms. The van der Waals surface area contributed by atoms with Crippen LogP contribution >= 0.6 is 0 Å². The standard InChI is InChI=1S/C11H21N/c1-8(2)12-7-10-4-5-11(12)6-9(10)3/h8-11H,4-7H2,1-3H3. The molecule has 1 heteroatoms. The summed E-state index contributed by atoms with van der Waals surface area (Å²) in [7, 11) is 0. The van der Waals surface area contributed by atoms with Crippen molar-refractivity contribution in [1.82, 2.24) is 4.90 Å². The fourth-order valence-corrected chi connectivity index (χ4v) is 3.06. The molecule has 0 aromatic heterocycles. The zero-order valence-electron chi connectivity index (χ0n) is 8.59.